The number of methoxy groups -OCH3 is 1. The van der Waals surface area contributed by atoms with Crippen molar-refractivity contribution in [3.05, 3.63) is 35.7 Å². The lowest BCUT2D eigenvalue weighted by Crippen LogP contribution is -2.38. The molecule has 0 radical (unpaired) electrons. The number of H-pyrrole nitrogens is 1. The molecular weight excluding hydrogens is 308 g/mol. The Balaban J connectivity index is 2.21. The van der Waals surface area contributed by atoms with E-state index in [9.17, 15) is 9.59 Å². The van der Waals surface area contributed by atoms with E-state index >= 15 is 0 Å². The van der Waals surface area contributed by atoms with Gasteiger partial charge in [-0.05, 0) is 32.9 Å². The van der Waals surface area contributed by atoms with Crippen LogP contribution in [0.5, 0.6) is 0 Å². The molecule has 0 saturated heterocycles. The molecule has 1 N–H and O–H groups in total. The predicted octanol–water partition coefficient (Wildman–Crippen LogP) is 2.19. The summed E-state index contributed by atoms with van der Waals surface area (Å²) < 4.78 is 4.65. The largest absolute Gasteiger partial charge is 0.469 e. The Morgan fingerprint density at radius 1 is 1.33 bits per heavy atom. The molecule has 0 aliphatic rings. The van der Waals surface area contributed by atoms with Crippen LogP contribution in [0.4, 0.5) is 0 Å². The number of benzene rings is 1. The average Bonchev–Trinajstić information content (AvgIpc) is 3.01. The smallest absolute Gasteiger partial charge is 0.307 e. The molecule has 0 fully saturated rings. The van der Waals surface area contributed by atoms with Gasteiger partial charge in [0.05, 0.1) is 13.5 Å². The molecule has 24 heavy (non-hydrogen) atoms. The van der Waals surface area contributed by atoms with E-state index in [-0.39, 0.29) is 24.3 Å². The highest BCUT2D eigenvalue weighted by Gasteiger charge is 2.20. The van der Waals surface area contributed by atoms with Crippen LogP contribution in [0.15, 0.2) is 24.3 Å². The highest BCUT2D eigenvalue weighted by atomic mass is 16.5. The summed E-state index contributed by atoms with van der Waals surface area (Å²) in [6.07, 6.45) is 0.167. The molecule has 7 heteroatoms. The maximum absolute atomic E-state index is 12.8. The summed E-state index contributed by atoms with van der Waals surface area (Å²) in [5.74, 6) is 0.790. The lowest BCUT2D eigenvalue weighted by atomic mass is 10.1. The van der Waals surface area contributed by atoms with Crippen LogP contribution in [-0.4, -0.2) is 51.7 Å². The van der Waals surface area contributed by atoms with Crippen molar-refractivity contribution in [1.29, 1.82) is 0 Å². The molecule has 0 atom stereocenters. The zero-order valence-corrected chi connectivity index (χ0v) is 14.4. The van der Waals surface area contributed by atoms with E-state index in [4.69, 9.17) is 0 Å². The van der Waals surface area contributed by atoms with Crippen molar-refractivity contribution in [2.75, 3.05) is 13.7 Å². The van der Waals surface area contributed by atoms with Gasteiger partial charge >= 0.3 is 5.97 Å². The van der Waals surface area contributed by atoms with Gasteiger partial charge in [0, 0.05) is 23.7 Å². The summed E-state index contributed by atoms with van der Waals surface area (Å²) in [7, 11) is 1.34. The minimum Gasteiger partial charge on any atom is -0.469 e. The van der Waals surface area contributed by atoms with E-state index in [1.807, 2.05) is 26.8 Å². The number of rotatable bonds is 6. The molecule has 0 unspecified atom stereocenters. The number of aromatic nitrogens is 3. The number of ether oxygens (including phenoxy) is 1. The molecule has 0 spiro atoms. The minimum atomic E-state index is -0.335. The molecule has 7 nitrogen and oxygen atoms in total. The maximum atomic E-state index is 12.8. The topological polar surface area (TPSA) is 88.2 Å². The molecule has 1 aromatic heterocycles. The summed E-state index contributed by atoms with van der Waals surface area (Å²) in [6.45, 7) is 5.96. The van der Waals surface area contributed by atoms with E-state index in [0.717, 1.165) is 5.56 Å². The number of hydrogen-bond acceptors (Lipinski definition) is 5. The van der Waals surface area contributed by atoms with E-state index < -0.39 is 0 Å². The number of esters is 1. The van der Waals surface area contributed by atoms with Crippen molar-refractivity contribution >= 4 is 11.9 Å². The molecule has 0 aliphatic carbocycles. The van der Waals surface area contributed by atoms with Crippen molar-refractivity contribution in [3.8, 4) is 11.4 Å². The Morgan fingerprint density at radius 2 is 2.08 bits per heavy atom. The van der Waals surface area contributed by atoms with Gasteiger partial charge in [0.25, 0.3) is 5.91 Å². The lowest BCUT2D eigenvalue weighted by molar-refractivity contribution is -0.140. The van der Waals surface area contributed by atoms with Crippen molar-refractivity contribution in [1.82, 2.24) is 20.1 Å². The second kappa shape index (κ2) is 7.72. The molecule has 1 aromatic carbocycles. The third-order valence-corrected chi connectivity index (χ3v) is 3.63. The lowest BCUT2D eigenvalue weighted by Gasteiger charge is -2.26. The number of carbonyl (C=O) groups excluding carboxylic acids is 2. The van der Waals surface area contributed by atoms with Crippen LogP contribution in [0.3, 0.4) is 0 Å². The molecule has 128 valence electrons. The first-order valence-electron chi connectivity index (χ1n) is 7.79. The average molecular weight is 330 g/mol. The highest BCUT2D eigenvalue weighted by molar-refractivity contribution is 5.95. The van der Waals surface area contributed by atoms with Crippen molar-refractivity contribution in [2.45, 2.75) is 33.2 Å². The zero-order valence-electron chi connectivity index (χ0n) is 14.4. The number of nitrogens with one attached hydrogen (secondary N) is 1. The first kappa shape index (κ1) is 17.7. The summed E-state index contributed by atoms with van der Waals surface area (Å²) in [5, 5.41) is 6.90. The van der Waals surface area contributed by atoms with E-state index in [0.29, 0.717) is 23.8 Å². The zero-order chi connectivity index (χ0) is 17.7. The Morgan fingerprint density at radius 3 is 2.67 bits per heavy atom. The predicted molar refractivity (Wildman–Crippen MR) is 89.4 cm³/mol. The Kier molecular flexibility index (Phi) is 5.68. The summed E-state index contributed by atoms with van der Waals surface area (Å²) in [5.41, 5.74) is 1.30. The molecule has 1 amide bonds. The third-order valence-electron chi connectivity index (χ3n) is 3.63. The molecule has 0 bridgehead atoms. The Bertz CT molecular complexity index is 724. The maximum Gasteiger partial charge on any atom is 0.307 e. The van der Waals surface area contributed by atoms with E-state index in [1.165, 1.54) is 7.11 Å². The van der Waals surface area contributed by atoms with Gasteiger partial charge in [0.1, 0.15) is 5.82 Å². The number of aromatic amines is 1. The van der Waals surface area contributed by atoms with Gasteiger partial charge < -0.3 is 9.64 Å². The van der Waals surface area contributed by atoms with Crippen LogP contribution >= 0.6 is 0 Å². The summed E-state index contributed by atoms with van der Waals surface area (Å²) in [6, 6.07) is 7.13. The molecule has 0 aliphatic heterocycles. The van der Waals surface area contributed by atoms with Gasteiger partial charge in [0.15, 0.2) is 5.82 Å². The Hall–Kier alpha value is -2.70. The number of aryl methyl sites for hydroxylation is 1. The number of nitrogens with zero attached hydrogens (tertiary/aromatic N) is 3. The summed E-state index contributed by atoms with van der Waals surface area (Å²) >= 11 is 0. The Labute approximate surface area is 141 Å². The summed E-state index contributed by atoms with van der Waals surface area (Å²) in [4.78, 5) is 30.1. The molecular formula is C17H22N4O3. The van der Waals surface area contributed by atoms with Crippen LogP contribution in [-0.2, 0) is 9.53 Å². The number of carbonyl (C=O) groups is 2. The second-order valence-corrected chi connectivity index (χ2v) is 5.74. The number of amides is 1. The fraction of sp³-hybridized carbons (Fsp3) is 0.412. The van der Waals surface area contributed by atoms with E-state index in [1.54, 1.807) is 23.1 Å². The van der Waals surface area contributed by atoms with Crippen LogP contribution in [0, 0.1) is 6.92 Å². The fourth-order valence-electron chi connectivity index (χ4n) is 2.34. The van der Waals surface area contributed by atoms with Crippen LogP contribution in [0.25, 0.3) is 11.4 Å². The minimum absolute atomic E-state index is 0.0310. The first-order chi connectivity index (χ1) is 11.4. The highest BCUT2D eigenvalue weighted by Crippen LogP contribution is 2.18. The van der Waals surface area contributed by atoms with Crippen LogP contribution < -0.4 is 0 Å². The van der Waals surface area contributed by atoms with Gasteiger partial charge in [-0.15, -0.1) is 0 Å². The van der Waals surface area contributed by atoms with Crippen LogP contribution in [0.2, 0.25) is 0 Å². The normalized spacial score (nSPS) is 10.7. The quantitative estimate of drug-likeness (QED) is 0.820. The van der Waals surface area contributed by atoms with Crippen molar-refractivity contribution in [2.24, 2.45) is 0 Å². The first-order valence-corrected chi connectivity index (χ1v) is 7.79. The SMILES string of the molecule is COC(=O)CCN(C(=O)c1cccc(-c2n[nH]c(C)n2)c1)C(C)C. The van der Waals surface area contributed by atoms with Gasteiger partial charge in [-0.3, -0.25) is 14.7 Å². The fourth-order valence-corrected chi connectivity index (χ4v) is 2.34. The van der Waals surface area contributed by atoms with Crippen molar-refractivity contribution in [3.63, 3.8) is 0 Å². The van der Waals surface area contributed by atoms with Gasteiger partial charge in [-0.2, -0.15) is 5.10 Å². The molecule has 2 rings (SSSR count). The van der Waals surface area contributed by atoms with Crippen molar-refractivity contribution < 1.29 is 14.3 Å². The number of hydrogen-bond donors (Lipinski definition) is 1. The second-order valence-electron chi connectivity index (χ2n) is 5.74. The van der Waals surface area contributed by atoms with Crippen LogP contribution in [0.1, 0.15) is 36.5 Å². The molecule has 2 aromatic rings. The molecule has 1 heterocycles. The van der Waals surface area contributed by atoms with E-state index in [2.05, 4.69) is 19.9 Å². The standard InChI is InChI=1S/C17H22N4O3/c1-11(2)21(9-8-15(22)24-4)17(23)14-7-5-6-13(10-14)16-18-12(3)19-20-16/h5-7,10-11H,8-9H2,1-4H3,(H,18,19,20). The van der Waals surface area contributed by atoms with Gasteiger partial charge in [-0.1, -0.05) is 12.1 Å². The monoisotopic (exact) mass is 330 g/mol. The third kappa shape index (κ3) is 4.18. The van der Waals surface area contributed by atoms with Gasteiger partial charge in [-0.25, -0.2) is 4.98 Å². The van der Waals surface area contributed by atoms with Gasteiger partial charge in [0.2, 0.25) is 0 Å². The molecule has 0 saturated carbocycles.